The van der Waals surface area contributed by atoms with Gasteiger partial charge in [0.1, 0.15) is 5.44 Å². The molecule has 0 spiro atoms. The maximum absolute atomic E-state index is 10.5. The second-order valence-electron chi connectivity index (χ2n) is 3.33. The number of carboxylic acids is 1. The van der Waals surface area contributed by atoms with Gasteiger partial charge in [-0.25, -0.2) is 4.79 Å². The van der Waals surface area contributed by atoms with Gasteiger partial charge in [0.05, 0.1) is 0 Å². The molecule has 0 fully saturated rings. The average molecular weight is 238 g/mol. The van der Waals surface area contributed by atoms with E-state index in [1.807, 2.05) is 30.3 Å². The molecule has 0 bridgehead atoms. The molecule has 2 N–H and O–H groups in total. The second kappa shape index (κ2) is 6.35. The van der Waals surface area contributed by atoms with Gasteiger partial charge in [0.15, 0.2) is 0 Å². The molecule has 0 heterocycles. The standard InChI is InChI=1S/C12H14O3S/c1-9(12(14)15)7-8-11(13)16-10-5-3-2-4-6-10/h2-6,11,13H,1,7-8H2,(H,14,15). The maximum Gasteiger partial charge on any atom is 0.330 e. The number of hydrogen-bond acceptors (Lipinski definition) is 3. The number of carboxylic acid groups (broad SMARTS) is 1. The van der Waals surface area contributed by atoms with Crippen LogP contribution in [0.15, 0.2) is 47.4 Å². The highest BCUT2D eigenvalue weighted by Gasteiger charge is 2.09. The highest BCUT2D eigenvalue weighted by atomic mass is 32.2. The van der Waals surface area contributed by atoms with Gasteiger partial charge in [0.25, 0.3) is 0 Å². The van der Waals surface area contributed by atoms with Crippen molar-refractivity contribution in [1.29, 1.82) is 0 Å². The van der Waals surface area contributed by atoms with Crippen molar-refractivity contribution in [3.63, 3.8) is 0 Å². The van der Waals surface area contributed by atoms with E-state index in [1.165, 1.54) is 11.8 Å². The maximum atomic E-state index is 10.5. The zero-order valence-corrected chi connectivity index (χ0v) is 9.61. The first-order valence-electron chi connectivity index (χ1n) is 4.90. The van der Waals surface area contributed by atoms with Gasteiger partial charge < -0.3 is 10.2 Å². The van der Waals surface area contributed by atoms with E-state index >= 15 is 0 Å². The molecule has 0 aliphatic rings. The topological polar surface area (TPSA) is 57.5 Å². The van der Waals surface area contributed by atoms with Crippen molar-refractivity contribution >= 4 is 17.7 Å². The number of aliphatic carboxylic acids is 1. The van der Waals surface area contributed by atoms with E-state index in [-0.39, 0.29) is 5.57 Å². The number of aliphatic hydroxyl groups is 1. The van der Waals surface area contributed by atoms with Crippen molar-refractivity contribution in [2.24, 2.45) is 0 Å². The largest absolute Gasteiger partial charge is 0.478 e. The number of hydrogen-bond donors (Lipinski definition) is 2. The molecule has 1 atom stereocenters. The lowest BCUT2D eigenvalue weighted by molar-refractivity contribution is -0.132. The minimum absolute atomic E-state index is 0.132. The van der Waals surface area contributed by atoms with Crippen LogP contribution >= 0.6 is 11.8 Å². The molecule has 1 unspecified atom stereocenters. The third kappa shape index (κ3) is 4.51. The predicted molar refractivity (Wildman–Crippen MR) is 64.3 cm³/mol. The SMILES string of the molecule is C=C(CCC(O)Sc1ccccc1)C(=O)O. The summed E-state index contributed by atoms with van der Waals surface area (Å²) >= 11 is 1.32. The number of aliphatic hydroxyl groups excluding tert-OH is 1. The molecule has 4 heteroatoms. The van der Waals surface area contributed by atoms with Crippen LogP contribution in [0.2, 0.25) is 0 Å². The molecular formula is C12H14O3S. The molecule has 16 heavy (non-hydrogen) atoms. The summed E-state index contributed by atoms with van der Waals surface area (Å²) in [4.78, 5) is 11.5. The predicted octanol–water partition coefficient (Wildman–Crippen LogP) is 2.52. The van der Waals surface area contributed by atoms with Crippen LogP contribution in [0.5, 0.6) is 0 Å². The zero-order valence-electron chi connectivity index (χ0n) is 8.80. The summed E-state index contributed by atoms with van der Waals surface area (Å²) in [6, 6.07) is 9.50. The lowest BCUT2D eigenvalue weighted by Crippen LogP contribution is -2.05. The molecule has 1 rings (SSSR count). The van der Waals surface area contributed by atoms with Gasteiger partial charge in [-0.05, 0) is 25.0 Å². The van der Waals surface area contributed by atoms with Gasteiger partial charge in [0, 0.05) is 10.5 Å². The Balaban J connectivity index is 2.34. The van der Waals surface area contributed by atoms with E-state index in [1.54, 1.807) is 0 Å². The second-order valence-corrected chi connectivity index (χ2v) is 4.58. The van der Waals surface area contributed by atoms with Crippen LogP contribution < -0.4 is 0 Å². The Bertz CT molecular complexity index is 362. The number of carbonyl (C=O) groups is 1. The van der Waals surface area contributed by atoms with Gasteiger partial charge in [-0.15, -0.1) is 0 Å². The third-order valence-corrected chi connectivity index (χ3v) is 3.06. The van der Waals surface area contributed by atoms with Crippen LogP contribution in [0.3, 0.4) is 0 Å². The fraction of sp³-hybridized carbons (Fsp3) is 0.250. The van der Waals surface area contributed by atoms with Crippen LogP contribution in [-0.2, 0) is 4.79 Å². The van der Waals surface area contributed by atoms with Crippen molar-refractivity contribution < 1.29 is 15.0 Å². The number of rotatable bonds is 6. The Labute approximate surface area is 98.8 Å². The van der Waals surface area contributed by atoms with Crippen LogP contribution in [0.25, 0.3) is 0 Å². The minimum Gasteiger partial charge on any atom is -0.478 e. The molecule has 0 saturated heterocycles. The fourth-order valence-corrected chi connectivity index (χ4v) is 1.98. The number of benzene rings is 1. The fourth-order valence-electron chi connectivity index (χ4n) is 1.12. The Morgan fingerprint density at radius 1 is 1.38 bits per heavy atom. The summed E-state index contributed by atoms with van der Waals surface area (Å²) < 4.78 is 0. The monoisotopic (exact) mass is 238 g/mol. The van der Waals surface area contributed by atoms with E-state index < -0.39 is 11.4 Å². The van der Waals surface area contributed by atoms with Gasteiger partial charge in [-0.1, -0.05) is 36.5 Å². The summed E-state index contributed by atoms with van der Waals surface area (Å²) in [6.07, 6.45) is 0.695. The summed E-state index contributed by atoms with van der Waals surface area (Å²) in [5.41, 5.74) is -0.466. The molecule has 3 nitrogen and oxygen atoms in total. The third-order valence-electron chi connectivity index (χ3n) is 2.01. The number of thioether (sulfide) groups is 1. The van der Waals surface area contributed by atoms with E-state index in [4.69, 9.17) is 5.11 Å². The quantitative estimate of drug-likeness (QED) is 0.454. The van der Waals surface area contributed by atoms with Gasteiger partial charge in [-0.2, -0.15) is 0 Å². The Kier molecular flexibility index (Phi) is 5.08. The minimum atomic E-state index is -1.00. The molecule has 86 valence electrons. The summed E-state index contributed by atoms with van der Waals surface area (Å²) in [7, 11) is 0. The molecule has 0 amide bonds. The molecule has 1 aromatic carbocycles. The molecule has 0 aromatic heterocycles. The molecule has 0 aliphatic carbocycles. The first kappa shape index (κ1) is 12.8. The van der Waals surface area contributed by atoms with Crippen LogP contribution in [-0.4, -0.2) is 21.6 Å². The Morgan fingerprint density at radius 3 is 2.56 bits per heavy atom. The lowest BCUT2D eigenvalue weighted by atomic mass is 10.2. The van der Waals surface area contributed by atoms with Crippen molar-refractivity contribution in [2.45, 2.75) is 23.2 Å². The Morgan fingerprint density at radius 2 is 2.00 bits per heavy atom. The van der Waals surface area contributed by atoms with Gasteiger partial charge in [-0.3, -0.25) is 0 Å². The lowest BCUT2D eigenvalue weighted by Gasteiger charge is -2.09. The molecule has 0 radical (unpaired) electrons. The first-order valence-corrected chi connectivity index (χ1v) is 5.78. The Hall–Kier alpha value is -1.26. The van der Waals surface area contributed by atoms with Gasteiger partial charge >= 0.3 is 5.97 Å². The van der Waals surface area contributed by atoms with E-state index in [9.17, 15) is 9.90 Å². The summed E-state index contributed by atoms with van der Waals surface area (Å²) in [5, 5.41) is 18.3. The van der Waals surface area contributed by atoms with E-state index in [2.05, 4.69) is 6.58 Å². The van der Waals surface area contributed by atoms with Crippen molar-refractivity contribution in [3.05, 3.63) is 42.5 Å². The normalized spacial score (nSPS) is 12.1. The first-order chi connectivity index (χ1) is 7.59. The van der Waals surface area contributed by atoms with Crippen LogP contribution in [0.4, 0.5) is 0 Å². The van der Waals surface area contributed by atoms with Crippen LogP contribution in [0.1, 0.15) is 12.8 Å². The van der Waals surface area contributed by atoms with Crippen LogP contribution in [0, 0.1) is 0 Å². The molecule has 0 saturated carbocycles. The van der Waals surface area contributed by atoms with E-state index in [0.29, 0.717) is 12.8 Å². The average Bonchev–Trinajstić information content (AvgIpc) is 2.27. The zero-order chi connectivity index (χ0) is 12.0. The molecule has 1 aromatic rings. The highest BCUT2D eigenvalue weighted by Crippen LogP contribution is 2.24. The molecular weight excluding hydrogens is 224 g/mol. The molecule has 0 aliphatic heterocycles. The smallest absolute Gasteiger partial charge is 0.330 e. The summed E-state index contributed by atoms with van der Waals surface area (Å²) in [5.74, 6) is -1.00. The van der Waals surface area contributed by atoms with E-state index in [0.717, 1.165) is 4.90 Å². The summed E-state index contributed by atoms with van der Waals surface area (Å²) in [6.45, 7) is 3.41. The van der Waals surface area contributed by atoms with Crippen molar-refractivity contribution in [2.75, 3.05) is 0 Å². The highest BCUT2D eigenvalue weighted by molar-refractivity contribution is 7.99. The van der Waals surface area contributed by atoms with Crippen molar-refractivity contribution in [1.82, 2.24) is 0 Å². The van der Waals surface area contributed by atoms with Gasteiger partial charge in [0.2, 0.25) is 0 Å². The van der Waals surface area contributed by atoms with Crippen molar-refractivity contribution in [3.8, 4) is 0 Å².